The molecule has 0 radical (unpaired) electrons. The zero-order chi connectivity index (χ0) is 14.1. The van der Waals surface area contributed by atoms with Gasteiger partial charge in [0.15, 0.2) is 0 Å². The third kappa shape index (κ3) is 1.28. The van der Waals surface area contributed by atoms with Crippen molar-refractivity contribution in [2.75, 3.05) is 4.90 Å². The van der Waals surface area contributed by atoms with Crippen LogP contribution in [0.25, 0.3) is 0 Å². The van der Waals surface area contributed by atoms with Gasteiger partial charge in [0.2, 0.25) is 11.8 Å². The van der Waals surface area contributed by atoms with Crippen molar-refractivity contribution >= 4 is 28.8 Å². The summed E-state index contributed by atoms with van der Waals surface area (Å²) in [5, 5.41) is 7.65. The Hall–Kier alpha value is -1.98. The van der Waals surface area contributed by atoms with Crippen molar-refractivity contribution in [1.82, 2.24) is 5.32 Å². The molecule has 2 amide bonds. The first-order valence-electron chi connectivity index (χ1n) is 7.02. The molecule has 5 heteroatoms. The van der Waals surface area contributed by atoms with Gasteiger partial charge in [-0.05, 0) is 34.0 Å². The molecule has 1 aromatic carbocycles. The van der Waals surface area contributed by atoms with Crippen LogP contribution in [0.1, 0.15) is 23.2 Å². The highest BCUT2D eigenvalue weighted by Crippen LogP contribution is 2.57. The van der Waals surface area contributed by atoms with Gasteiger partial charge in [-0.25, -0.2) is 4.90 Å². The molecule has 1 N–H and O–H groups in total. The molecule has 0 saturated carbocycles. The van der Waals surface area contributed by atoms with E-state index in [9.17, 15) is 9.59 Å². The van der Waals surface area contributed by atoms with E-state index in [4.69, 9.17) is 0 Å². The van der Waals surface area contributed by atoms with E-state index in [0.29, 0.717) is 5.69 Å². The highest BCUT2D eigenvalue weighted by Gasteiger charge is 2.63. The SMILES string of the molecule is O=C1[C@@H]2[C@H](C(=O)N1c1ccccc1)[C@@H]1N[C@H]2c2cscc21. The van der Waals surface area contributed by atoms with Crippen molar-refractivity contribution < 1.29 is 9.59 Å². The normalized spacial score (nSPS) is 32.7. The number of carbonyl (C=O) groups excluding carboxylic acids is 2. The van der Waals surface area contributed by atoms with Gasteiger partial charge in [-0.1, -0.05) is 18.2 Å². The van der Waals surface area contributed by atoms with Gasteiger partial charge < -0.3 is 5.32 Å². The highest BCUT2D eigenvalue weighted by atomic mass is 32.1. The molecule has 0 spiro atoms. The molecule has 21 heavy (non-hydrogen) atoms. The molecule has 4 nitrogen and oxygen atoms in total. The van der Waals surface area contributed by atoms with Gasteiger partial charge in [0, 0.05) is 12.1 Å². The summed E-state index contributed by atoms with van der Waals surface area (Å²) in [7, 11) is 0. The minimum absolute atomic E-state index is 0.00594. The molecular formula is C16H12N2O2S. The minimum atomic E-state index is -0.246. The standard InChI is InChI=1S/C16H12N2O2S/c19-15-11-12(14-10-7-21-6-9(10)13(11)17-14)16(20)18(15)8-4-2-1-3-5-8/h1-7,11-14,17H/t11-,12+,13+,14-. The molecule has 3 aliphatic heterocycles. The summed E-state index contributed by atoms with van der Waals surface area (Å²) in [6.45, 7) is 0. The van der Waals surface area contributed by atoms with Crippen LogP contribution >= 0.6 is 11.3 Å². The molecule has 3 aliphatic rings. The smallest absolute Gasteiger partial charge is 0.239 e. The van der Waals surface area contributed by atoms with Crippen LogP contribution in [0.15, 0.2) is 41.1 Å². The fourth-order valence-corrected chi connectivity index (χ4v) is 4.96. The predicted molar refractivity (Wildman–Crippen MR) is 78.9 cm³/mol. The first-order chi connectivity index (χ1) is 10.3. The van der Waals surface area contributed by atoms with Crippen molar-refractivity contribution in [3.8, 4) is 0 Å². The number of nitrogens with one attached hydrogen (secondary N) is 1. The topological polar surface area (TPSA) is 49.4 Å². The van der Waals surface area contributed by atoms with Crippen LogP contribution in [0.2, 0.25) is 0 Å². The number of amides is 2. The van der Waals surface area contributed by atoms with Gasteiger partial charge in [-0.3, -0.25) is 9.59 Å². The number of rotatable bonds is 1. The molecule has 0 unspecified atom stereocenters. The molecule has 2 fully saturated rings. The Labute approximate surface area is 125 Å². The lowest BCUT2D eigenvalue weighted by molar-refractivity contribution is -0.123. The predicted octanol–water partition coefficient (Wildman–Crippen LogP) is 2.25. The van der Waals surface area contributed by atoms with Gasteiger partial charge in [0.1, 0.15) is 0 Å². The lowest BCUT2D eigenvalue weighted by atomic mass is 9.79. The number of nitrogens with zero attached hydrogens (tertiary/aromatic N) is 1. The van der Waals surface area contributed by atoms with Gasteiger partial charge >= 0.3 is 0 Å². The summed E-state index contributed by atoms with van der Waals surface area (Å²) >= 11 is 1.65. The number of anilines is 1. The van der Waals surface area contributed by atoms with Crippen molar-refractivity contribution in [3.05, 3.63) is 52.2 Å². The first-order valence-corrected chi connectivity index (χ1v) is 7.96. The lowest BCUT2D eigenvalue weighted by Crippen LogP contribution is -2.34. The third-order valence-electron chi connectivity index (χ3n) is 4.88. The number of benzene rings is 1. The van der Waals surface area contributed by atoms with Crippen LogP contribution in [-0.4, -0.2) is 11.8 Å². The van der Waals surface area contributed by atoms with E-state index in [0.717, 1.165) is 0 Å². The van der Waals surface area contributed by atoms with Gasteiger partial charge in [0.05, 0.1) is 17.5 Å². The quantitative estimate of drug-likeness (QED) is 0.821. The number of carbonyl (C=O) groups is 2. The molecule has 2 saturated heterocycles. The van der Waals surface area contributed by atoms with E-state index in [-0.39, 0.29) is 35.7 Å². The van der Waals surface area contributed by atoms with Gasteiger partial charge in [0.25, 0.3) is 0 Å². The Morgan fingerprint density at radius 2 is 1.48 bits per heavy atom. The Balaban J connectivity index is 1.62. The largest absolute Gasteiger partial charge is 0.301 e. The second kappa shape index (κ2) is 3.81. The van der Waals surface area contributed by atoms with Crippen LogP contribution in [0.4, 0.5) is 5.69 Å². The van der Waals surface area contributed by atoms with Gasteiger partial charge in [-0.2, -0.15) is 11.3 Å². The Morgan fingerprint density at radius 3 is 2.05 bits per heavy atom. The third-order valence-corrected chi connectivity index (χ3v) is 5.66. The fourth-order valence-electron chi connectivity index (χ4n) is 4.04. The molecule has 4 heterocycles. The number of hydrogen-bond acceptors (Lipinski definition) is 4. The van der Waals surface area contributed by atoms with Crippen molar-refractivity contribution in [2.24, 2.45) is 11.8 Å². The van der Waals surface area contributed by atoms with Gasteiger partial charge in [-0.15, -0.1) is 0 Å². The number of fused-ring (bicyclic) bond motifs is 8. The van der Waals surface area contributed by atoms with Crippen molar-refractivity contribution in [2.45, 2.75) is 12.1 Å². The Bertz CT molecular complexity index is 727. The fraction of sp³-hybridized carbons (Fsp3) is 0.250. The van der Waals surface area contributed by atoms with Crippen LogP contribution in [0.3, 0.4) is 0 Å². The number of para-hydroxylation sites is 1. The van der Waals surface area contributed by atoms with Crippen molar-refractivity contribution in [1.29, 1.82) is 0 Å². The van der Waals surface area contributed by atoms with Crippen molar-refractivity contribution in [3.63, 3.8) is 0 Å². The summed E-state index contributed by atoms with van der Waals surface area (Å²) in [5.74, 6) is -0.615. The van der Waals surface area contributed by atoms with Crippen LogP contribution in [0.5, 0.6) is 0 Å². The van der Waals surface area contributed by atoms with Crippen LogP contribution in [0, 0.1) is 11.8 Å². The lowest BCUT2D eigenvalue weighted by Gasteiger charge is -2.18. The summed E-state index contributed by atoms with van der Waals surface area (Å²) in [6, 6.07) is 9.25. The van der Waals surface area contributed by atoms with E-state index in [1.807, 2.05) is 30.3 Å². The highest BCUT2D eigenvalue weighted by molar-refractivity contribution is 7.08. The minimum Gasteiger partial charge on any atom is -0.301 e. The average molecular weight is 296 g/mol. The van der Waals surface area contributed by atoms with Crippen LogP contribution in [-0.2, 0) is 9.59 Å². The molecule has 2 bridgehead atoms. The van der Waals surface area contributed by atoms with E-state index < -0.39 is 0 Å². The molecule has 2 aromatic rings. The first kappa shape index (κ1) is 11.7. The zero-order valence-electron chi connectivity index (χ0n) is 11.0. The zero-order valence-corrected chi connectivity index (χ0v) is 11.8. The maximum atomic E-state index is 12.8. The number of thiophene rings is 1. The summed E-state index contributed by atoms with van der Waals surface area (Å²) in [6.07, 6.45) is 0. The molecule has 104 valence electrons. The molecular weight excluding hydrogens is 284 g/mol. The molecule has 5 rings (SSSR count). The van der Waals surface area contributed by atoms with E-state index in [2.05, 4.69) is 16.1 Å². The van der Waals surface area contributed by atoms with E-state index in [1.165, 1.54) is 16.0 Å². The summed E-state index contributed by atoms with van der Waals surface area (Å²) < 4.78 is 0. The molecule has 1 aromatic heterocycles. The second-order valence-electron chi connectivity index (χ2n) is 5.80. The second-order valence-corrected chi connectivity index (χ2v) is 6.55. The van der Waals surface area contributed by atoms with E-state index in [1.54, 1.807) is 11.3 Å². The number of imide groups is 1. The maximum absolute atomic E-state index is 12.8. The van der Waals surface area contributed by atoms with Crippen LogP contribution < -0.4 is 10.2 Å². The molecule has 4 atom stereocenters. The monoisotopic (exact) mass is 296 g/mol. The Kier molecular flexibility index (Phi) is 2.11. The Morgan fingerprint density at radius 1 is 0.905 bits per heavy atom. The summed E-state index contributed by atoms with van der Waals surface area (Å²) in [5.41, 5.74) is 3.11. The average Bonchev–Trinajstić information content (AvgIpc) is 3.22. The maximum Gasteiger partial charge on any atom is 0.239 e. The number of hydrogen-bond donors (Lipinski definition) is 1. The van der Waals surface area contributed by atoms with E-state index >= 15 is 0 Å². The molecule has 0 aliphatic carbocycles. The summed E-state index contributed by atoms with van der Waals surface area (Å²) in [4.78, 5) is 27.0.